The van der Waals surface area contributed by atoms with Gasteiger partial charge in [0.25, 0.3) is 0 Å². The van der Waals surface area contributed by atoms with Gasteiger partial charge in [0.05, 0.1) is 0 Å². The lowest BCUT2D eigenvalue weighted by Crippen LogP contribution is -2.04. The Morgan fingerprint density at radius 2 is 1.76 bits per heavy atom. The first-order chi connectivity index (χ1) is 8.20. The first-order valence-corrected chi connectivity index (χ1v) is 5.39. The van der Waals surface area contributed by atoms with Gasteiger partial charge in [-0.05, 0) is 24.3 Å². The summed E-state index contributed by atoms with van der Waals surface area (Å²) in [5.41, 5.74) is 7.24. The summed E-state index contributed by atoms with van der Waals surface area (Å²) in [7, 11) is 1.75. The molecule has 0 saturated carbocycles. The molecule has 0 aliphatic carbocycles. The molecule has 0 fully saturated rings. The third-order valence-corrected chi connectivity index (χ3v) is 2.48. The van der Waals surface area contributed by atoms with Crippen molar-refractivity contribution in [2.24, 2.45) is 0 Å². The summed E-state index contributed by atoms with van der Waals surface area (Å²) in [5.74, 6) is 1.16. The molecule has 0 bridgehead atoms. The highest BCUT2D eigenvalue weighted by Gasteiger charge is 2.06. The van der Waals surface area contributed by atoms with Gasteiger partial charge in [-0.3, -0.25) is 0 Å². The van der Waals surface area contributed by atoms with Crippen LogP contribution < -0.4 is 16.4 Å². The number of nitrogens with one attached hydrogen (secondary N) is 2. The topological polar surface area (TPSA) is 75.9 Å². The Morgan fingerprint density at radius 1 is 1.12 bits per heavy atom. The summed E-state index contributed by atoms with van der Waals surface area (Å²) in [6.45, 7) is 0. The standard InChI is InChI=1S/C11H12ClN5/c1-14-10-9(13)11(16-6-15-10)17-8-4-2-7(12)3-5-8/h2-6H,13H2,1H3,(H2,14,15,16,17). The molecule has 0 unspecified atom stereocenters. The second-order valence-corrected chi connectivity index (χ2v) is 3.80. The van der Waals surface area contributed by atoms with E-state index in [1.165, 1.54) is 6.33 Å². The van der Waals surface area contributed by atoms with Crippen molar-refractivity contribution in [3.63, 3.8) is 0 Å². The van der Waals surface area contributed by atoms with Crippen molar-refractivity contribution in [3.8, 4) is 0 Å². The van der Waals surface area contributed by atoms with E-state index in [0.29, 0.717) is 22.3 Å². The highest BCUT2D eigenvalue weighted by atomic mass is 35.5. The zero-order valence-corrected chi connectivity index (χ0v) is 9.99. The number of nitrogen functional groups attached to an aromatic ring is 1. The lowest BCUT2D eigenvalue weighted by Gasteiger charge is -2.10. The monoisotopic (exact) mass is 249 g/mol. The van der Waals surface area contributed by atoms with Gasteiger partial charge < -0.3 is 16.4 Å². The SMILES string of the molecule is CNc1ncnc(Nc2ccc(Cl)cc2)c1N. The number of nitrogens with zero attached hydrogens (tertiary/aromatic N) is 2. The summed E-state index contributed by atoms with van der Waals surface area (Å²) in [5, 5.41) is 6.68. The van der Waals surface area contributed by atoms with Crippen molar-refractivity contribution in [3.05, 3.63) is 35.6 Å². The Hall–Kier alpha value is -2.01. The third-order valence-electron chi connectivity index (χ3n) is 2.23. The van der Waals surface area contributed by atoms with Gasteiger partial charge in [-0.15, -0.1) is 0 Å². The van der Waals surface area contributed by atoms with Crippen LogP contribution in [0.1, 0.15) is 0 Å². The summed E-state index contributed by atoms with van der Waals surface area (Å²) in [4.78, 5) is 8.09. The highest BCUT2D eigenvalue weighted by molar-refractivity contribution is 6.30. The van der Waals surface area contributed by atoms with Crippen molar-refractivity contribution in [2.75, 3.05) is 23.4 Å². The number of hydrogen-bond donors (Lipinski definition) is 3. The fraction of sp³-hybridized carbons (Fsp3) is 0.0909. The lowest BCUT2D eigenvalue weighted by molar-refractivity contribution is 1.16. The van der Waals surface area contributed by atoms with E-state index >= 15 is 0 Å². The Bertz CT molecular complexity index is 512. The Morgan fingerprint density at radius 3 is 2.41 bits per heavy atom. The Balaban J connectivity index is 2.27. The van der Waals surface area contributed by atoms with Gasteiger partial charge >= 0.3 is 0 Å². The molecule has 1 heterocycles. The van der Waals surface area contributed by atoms with Gasteiger partial charge in [0.2, 0.25) is 0 Å². The van der Waals surface area contributed by atoms with E-state index in [4.69, 9.17) is 17.3 Å². The van der Waals surface area contributed by atoms with Crippen LogP contribution in [0.2, 0.25) is 5.02 Å². The van der Waals surface area contributed by atoms with Gasteiger partial charge in [0.15, 0.2) is 11.6 Å². The molecule has 17 heavy (non-hydrogen) atoms. The molecular weight excluding hydrogens is 238 g/mol. The number of anilines is 4. The number of halogens is 1. The fourth-order valence-electron chi connectivity index (χ4n) is 1.36. The quantitative estimate of drug-likeness (QED) is 0.779. The van der Waals surface area contributed by atoms with Gasteiger partial charge in [-0.1, -0.05) is 11.6 Å². The van der Waals surface area contributed by atoms with Crippen LogP contribution in [0.4, 0.5) is 23.0 Å². The van der Waals surface area contributed by atoms with E-state index < -0.39 is 0 Å². The molecule has 1 aromatic heterocycles. The first-order valence-electron chi connectivity index (χ1n) is 5.01. The average molecular weight is 250 g/mol. The van der Waals surface area contributed by atoms with Crippen LogP contribution in [0.3, 0.4) is 0 Å². The minimum Gasteiger partial charge on any atom is -0.393 e. The normalized spacial score (nSPS) is 10.0. The third kappa shape index (κ3) is 2.57. The van der Waals surface area contributed by atoms with Crippen LogP contribution in [-0.4, -0.2) is 17.0 Å². The van der Waals surface area contributed by atoms with Crippen molar-refractivity contribution >= 4 is 34.6 Å². The van der Waals surface area contributed by atoms with Crippen LogP contribution in [0, 0.1) is 0 Å². The van der Waals surface area contributed by atoms with Crippen LogP contribution in [-0.2, 0) is 0 Å². The van der Waals surface area contributed by atoms with E-state index in [1.807, 2.05) is 12.1 Å². The minimum absolute atomic E-state index is 0.477. The molecule has 6 heteroatoms. The van der Waals surface area contributed by atoms with Crippen molar-refractivity contribution in [2.45, 2.75) is 0 Å². The van der Waals surface area contributed by atoms with Crippen LogP contribution in [0.5, 0.6) is 0 Å². The van der Waals surface area contributed by atoms with Crippen LogP contribution in [0.15, 0.2) is 30.6 Å². The lowest BCUT2D eigenvalue weighted by atomic mass is 10.3. The largest absolute Gasteiger partial charge is 0.393 e. The molecule has 0 saturated heterocycles. The smallest absolute Gasteiger partial charge is 0.159 e. The maximum Gasteiger partial charge on any atom is 0.159 e. The predicted molar refractivity (Wildman–Crippen MR) is 70.7 cm³/mol. The van der Waals surface area contributed by atoms with Crippen LogP contribution >= 0.6 is 11.6 Å². The molecule has 1 aromatic carbocycles. The van der Waals surface area contributed by atoms with Crippen molar-refractivity contribution in [1.82, 2.24) is 9.97 Å². The fourth-order valence-corrected chi connectivity index (χ4v) is 1.49. The van der Waals surface area contributed by atoms with Crippen molar-refractivity contribution in [1.29, 1.82) is 0 Å². The summed E-state index contributed by atoms with van der Waals surface area (Å²) >= 11 is 5.81. The number of aromatic nitrogens is 2. The Labute approximate surface area is 104 Å². The maximum atomic E-state index is 5.90. The number of benzene rings is 1. The molecule has 88 valence electrons. The van der Waals surface area contributed by atoms with E-state index in [1.54, 1.807) is 19.2 Å². The van der Waals surface area contributed by atoms with Gasteiger partial charge in [-0.2, -0.15) is 0 Å². The second-order valence-electron chi connectivity index (χ2n) is 3.37. The summed E-state index contributed by atoms with van der Waals surface area (Å²) in [6, 6.07) is 7.28. The number of rotatable bonds is 3. The average Bonchev–Trinajstić information content (AvgIpc) is 2.35. The van der Waals surface area contributed by atoms with Gasteiger partial charge in [0.1, 0.15) is 12.0 Å². The maximum absolute atomic E-state index is 5.90. The van der Waals surface area contributed by atoms with Gasteiger partial charge in [0, 0.05) is 17.8 Å². The van der Waals surface area contributed by atoms with E-state index in [9.17, 15) is 0 Å². The molecule has 0 aliphatic rings. The van der Waals surface area contributed by atoms with Crippen LogP contribution in [0.25, 0.3) is 0 Å². The molecule has 0 atom stereocenters. The molecule has 0 spiro atoms. The van der Waals surface area contributed by atoms with Crippen molar-refractivity contribution < 1.29 is 0 Å². The molecule has 2 aromatic rings. The summed E-state index contributed by atoms with van der Waals surface area (Å²) in [6.07, 6.45) is 1.44. The van der Waals surface area contributed by atoms with E-state index in [0.717, 1.165) is 5.69 Å². The molecule has 5 nitrogen and oxygen atoms in total. The molecule has 0 aliphatic heterocycles. The molecular formula is C11H12ClN5. The zero-order valence-electron chi connectivity index (χ0n) is 9.24. The Kier molecular flexibility index (Phi) is 3.30. The first kappa shape index (κ1) is 11.5. The van der Waals surface area contributed by atoms with E-state index in [-0.39, 0.29) is 0 Å². The molecule has 2 rings (SSSR count). The van der Waals surface area contributed by atoms with Gasteiger partial charge in [-0.25, -0.2) is 9.97 Å². The molecule has 4 N–H and O–H groups in total. The second kappa shape index (κ2) is 4.88. The predicted octanol–water partition coefficient (Wildman–Crippen LogP) is 2.50. The number of hydrogen-bond acceptors (Lipinski definition) is 5. The molecule has 0 amide bonds. The zero-order chi connectivity index (χ0) is 12.3. The molecule has 0 radical (unpaired) electrons. The summed E-state index contributed by atoms with van der Waals surface area (Å²) < 4.78 is 0. The number of nitrogens with two attached hydrogens (primary N) is 1. The van der Waals surface area contributed by atoms with E-state index in [2.05, 4.69) is 20.6 Å². The highest BCUT2D eigenvalue weighted by Crippen LogP contribution is 2.25. The minimum atomic E-state index is 0.477.